The molecule has 0 bridgehead atoms. The van der Waals surface area contributed by atoms with Crippen LogP contribution in [0, 0.1) is 0 Å². The standard InChI is InChI=1S/C13H30N2/c1-14(2)12-10-8-6-5-7-9-11-13-15(3)4/h5-13H2,1-4H3. The van der Waals surface area contributed by atoms with Gasteiger partial charge in [0.25, 0.3) is 0 Å². The third kappa shape index (κ3) is 13.9. The van der Waals surface area contributed by atoms with Crippen molar-refractivity contribution in [3.63, 3.8) is 0 Å². The predicted molar refractivity (Wildman–Crippen MR) is 69.4 cm³/mol. The molecule has 0 saturated heterocycles. The summed E-state index contributed by atoms with van der Waals surface area (Å²) in [5.41, 5.74) is 0. The van der Waals surface area contributed by atoms with E-state index in [9.17, 15) is 0 Å². The molecule has 0 saturated carbocycles. The van der Waals surface area contributed by atoms with Crippen molar-refractivity contribution in [2.45, 2.75) is 44.9 Å². The summed E-state index contributed by atoms with van der Waals surface area (Å²) in [5, 5.41) is 0. The fourth-order valence-electron chi connectivity index (χ4n) is 1.74. The van der Waals surface area contributed by atoms with Gasteiger partial charge in [0.05, 0.1) is 0 Å². The van der Waals surface area contributed by atoms with Crippen LogP contribution in [0.3, 0.4) is 0 Å². The van der Waals surface area contributed by atoms with Gasteiger partial charge in [-0.2, -0.15) is 0 Å². The zero-order valence-electron chi connectivity index (χ0n) is 11.3. The van der Waals surface area contributed by atoms with Crippen molar-refractivity contribution in [2.24, 2.45) is 0 Å². The molecule has 92 valence electrons. The highest BCUT2D eigenvalue weighted by Gasteiger charge is 1.94. The molecule has 2 heteroatoms. The van der Waals surface area contributed by atoms with E-state index in [4.69, 9.17) is 0 Å². The third-order valence-electron chi connectivity index (χ3n) is 2.71. The lowest BCUT2D eigenvalue weighted by Gasteiger charge is -2.09. The molecule has 0 N–H and O–H groups in total. The van der Waals surface area contributed by atoms with Crippen LogP contribution in [0.1, 0.15) is 44.9 Å². The number of hydrogen-bond donors (Lipinski definition) is 0. The molecule has 0 heterocycles. The highest BCUT2D eigenvalue weighted by molar-refractivity contribution is 4.50. The van der Waals surface area contributed by atoms with E-state index >= 15 is 0 Å². The fourth-order valence-corrected chi connectivity index (χ4v) is 1.74. The van der Waals surface area contributed by atoms with Gasteiger partial charge in [0.1, 0.15) is 0 Å². The molecule has 0 aliphatic carbocycles. The van der Waals surface area contributed by atoms with Crippen molar-refractivity contribution < 1.29 is 0 Å². The Morgan fingerprint density at radius 2 is 0.733 bits per heavy atom. The molecule has 0 fully saturated rings. The Balaban J connectivity index is 2.93. The Morgan fingerprint density at radius 3 is 1.00 bits per heavy atom. The lowest BCUT2D eigenvalue weighted by molar-refractivity contribution is 0.382. The van der Waals surface area contributed by atoms with E-state index in [0.717, 1.165) is 0 Å². The zero-order valence-corrected chi connectivity index (χ0v) is 11.3. The summed E-state index contributed by atoms with van der Waals surface area (Å²) in [7, 11) is 8.62. The van der Waals surface area contributed by atoms with Crippen molar-refractivity contribution in [1.29, 1.82) is 0 Å². The summed E-state index contributed by atoms with van der Waals surface area (Å²) < 4.78 is 0. The Kier molecular flexibility index (Phi) is 10.4. The van der Waals surface area contributed by atoms with E-state index in [1.165, 1.54) is 58.0 Å². The first-order valence-electron chi connectivity index (χ1n) is 6.42. The van der Waals surface area contributed by atoms with Gasteiger partial charge >= 0.3 is 0 Å². The number of unbranched alkanes of at least 4 members (excludes halogenated alkanes) is 6. The molecular weight excluding hydrogens is 184 g/mol. The molecule has 0 atom stereocenters. The highest BCUT2D eigenvalue weighted by Crippen LogP contribution is 2.07. The first-order chi connectivity index (χ1) is 7.13. The van der Waals surface area contributed by atoms with Crippen LogP contribution in [-0.2, 0) is 0 Å². The van der Waals surface area contributed by atoms with Gasteiger partial charge < -0.3 is 9.80 Å². The largest absolute Gasteiger partial charge is 0.309 e. The molecule has 0 rings (SSSR count). The Hall–Kier alpha value is -0.0800. The topological polar surface area (TPSA) is 6.48 Å². The van der Waals surface area contributed by atoms with Gasteiger partial charge in [0.2, 0.25) is 0 Å². The smallest absolute Gasteiger partial charge is 0.00248 e. The van der Waals surface area contributed by atoms with E-state index in [1.807, 2.05) is 0 Å². The van der Waals surface area contributed by atoms with Gasteiger partial charge in [-0.3, -0.25) is 0 Å². The molecule has 0 amide bonds. The summed E-state index contributed by atoms with van der Waals surface area (Å²) in [6.07, 6.45) is 9.83. The number of nitrogens with zero attached hydrogens (tertiary/aromatic N) is 2. The number of rotatable bonds is 10. The maximum atomic E-state index is 2.27. The van der Waals surface area contributed by atoms with Crippen LogP contribution < -0.4 is 0 Å². The first-order valence-corrected chi connectivity index (χ1v) is 6.42. The van der Waals surface area contributed by atoms with Crippen molar-refractivity contribution in [1.82, 2.24) is 9.80 Å². The molecular formula is C13H30N2. The minimum atomic E-state index is 1.25. The second-order valence-electron chi connectivity index (χ2n) is 5.08. The molecule has 0 aromatic rings. The van der Waals surface area contributed by atoms with E-state index in [1.54, 1.807) is 0 Å². The van der Waals surface area contributed by atoms with Crippen LogP contribution in [0.2, 0.25) is 0 Å². The summed E-state index contributed by atoms with van der Waals surface area (Å²) in [6.45, 7) is 2.50. The van der Waals surface area contributed by atoms with Gasteiger partial charge in [-0.25, -0.2) is 0 Å². The molecule has 0 unspecified atom stereocenters. The average Bonchev–Trinajstić information content (AvgIpc) is 2.14. The lowest BCUT2D eigenvalue weighted by Crippen LogP contribution is -2.12. The Labute approximate surface area is 96.6 Å². The minimum absolute atomic E-state index is 1.25. The summed E-state index contributed by atoms with van der Waals surface area (Å²) >= 11 is 0. The molecule has 2 nitrogen and oxygen atoms in total. The van der Waals surface area contributed by atoms with Gasteiger partial charge in [-0.15, -0.1) is 0 Å². The molecule has 15 heavy (non-hydrogen) atoms. The predicted octanol–water partition coefficient (Wildman–Crippen LogP) is 2.84. The normalized spacial score (nSPS) is 11.6. The van der Waals surface area contributed by atoms with Gasteiger partial charge in [0, 0.05) is 0 Å². The molecule has 0 aliphatic rings. The van der Waals surface area contributed by atoms with Crippen molar-refractivity contribution in [3.8, 4) is 0 Å². The average molecular weight is 214 g/mol. The molecule has 0 spiro atoms. The van der Waals surface area contributed by atoms with Crippen molar-refractivity contribution >= 4 is 0 Å². The van der Waals surface area contributed by atoms with E-state index in [-0.39, 0.29) is 0 Å². The molecule has 0 aromatic heterocycles. The van der Waals surface area contributed by atoms with Gasteiger partial charge in [-0.1, -0.05) is 32.1 Å². The Morgan fingerprint density at radius 1 is 0.467 bits per heavy atom. The number of hydrogen-bond acceptors (Lipinski definition) is 2. The summed E-state index contributed by atoms with van der Waals surface area (Å²) in [5.74, 6) is 0. The SMILES string of the molecule is CN(C)CCCCCCCCCN(C)C. The lowest BCUT2D eigenvalue weighted by atomic mass is 10.1. The quantitative estimate of drug-likeness (QED) is 0.516. The minimum Gasteiger partial charge on any atom is -0.309 e. The monoisotopic (exact) mass is 214 g/mol. The van der Waals surface area contributed by atoms with Crippen LogP contribution in [0.25, 0.3) is 0 Å². The zero-order chi connectivity index (χ0) is 11.5. The fraction of sp³-hybridized carbons (Fsp3) is 1.00. The Bertz CT molecular complexity index is 108. The van der Waals surface area contributed by atoms with Crippen LogP contribution in [0.4, 0.5) is 0 Å². The third-order valence-corrected chi connectivity index (χ3v) is 2.71. The van der Waals surface area contributed by atoms with E-state index < -0.39 is 0 Å². The summed E-state index contributed by atoms with van der Waals surface area (Å²) in [4.78, 5) is 4.55. The van der Waals surface area contributed by atoms with Crippen LogP contribution in [0.5, 0.6) is 0 Å². The van der Waals surface area contributed by atoms with Crippen LogP contribution in [-0.4, -0.2) is 51.1 Å². The van der Waals surface area contributed by atoms with E-state index in [0.29, 0.717) is 0 Å². The highest BCUT2D eigenvalue weighted by atomic mass is 15.0. The van der Waals surface area contributed by atoms with Crippen molar-refractivity contribution in [3.05, 3.63) is 0 Å². The van der Waals surface area contributed by atoms with E-state index in [2.05, 4.69) is 38.0 Å². The van der Waals surface area contributed by atoms with Crippen LogP contribution >= 0.6 is 0 Å². The van der Waals surface area contributed by atoms with Crippen LogP contribution in [0.15, 0.2) is 0 Å². The second-order valence-corrected chi connectivity index (χ2v) is 5.08. The maximum Gasteiger partial charge on any atom is -0.00248 e. The summed E-state index contributed by atoms with van der Waals surface area (Å²) in [6, 6.07) is 0. The first kappa shape index (κ1) is 14.9. The van der Waals surface area contributed by atoms with Gasteiger partial charge in [0.15, 0.2) is 0 Å². The maximum absolute atomic E-state index is 2.27. The molecule has 0 aromatic carbocycles. The molecule has 0 aliphatic heterocycles. The molecule has 0 radical (unpaired) electrons. The second kappa shape index (κ2) is 10.4. The van der Waals surface area contributed by atoms with Crippen molar-refractivity contribution in [2.75, 3.05) is 41.3 Å². The van der Waals surface area contributed by atoms with Gasteiger partial charge in [-0.05, 0) is 54.1 Å².